The van der Waals surface area contributed by atoms with Crippen LogP contribution in [0.3, 0.4) is 0 Å². The Morgan fingerprint density at radius 2 is 2.08 bits per heavy atom. The molecule has 1 rings (SSSR count). The van der Waals surface area contributed by atoms with Crippen LogP contribution in [-0.2, 0) is 9.32 Å². The molecule has 0 aliphatic heterocycles. The van der Waals surface area contributed by atoms with Crippen LogP contribution in [0, 0.1) is 6.92 Å². The van der Waals surface area contributed by atoms with Gasteiger partial charge in [-0.3, -0.25) is 0 Å². The summed E-state index contributed by atoms with van der Waals surface area (Å²) in [6.45, 7) is 2.72. The van der Waals surface area contributed by atoms with Gasteiger partial charge in [-0.1, -0.05) is 35.9 Å². The predicted octanol–water partition coefficient (Wildman–Crippen LogP) is 3.14. The Bertz CT molecular complexity index is 216. The number of aryl methyl sites for hydroxylation is 1. The molecular weight excluding hydrogens is 298 g/mol. The Balaban J connectivity index is 0.000000226. The van der Waals surface area contributed by atoms with Crippen molar-refractivity contribution in [2.24, 2.45) is 0 Å². The van der Waals surface area contributed by atoms with Crippen molar-refractivity contribution in [3.8, 4) is 0 Å². The summed E-state index contributed by atoms with van der Waals surface area (Å²) < 4.78 is 4.63. The highest BCUT2D eigenvalue weighted by molar-refractivity contribution is 14.2. The summed E-state index contributed by atoms with van der Waals surface area (Å²) in [4.78, 5) is 9.44. The Kier molecular flexibility index (Phi) is 10.1. The summed E-state index contributed by atoms with van der Waals surface area (Å²) in [6.07, 6.45) is 0.742. The summed E-state index contributed by atoms with van der Waals surface area (Å²) in [5.41, 5.74) is 1.32. The Morgan fingerprint density at radius 1 is 1.46 bits per heavy atom. The van der Waals surface area contributed by atoms with Crippen LogP contribution >= 0.6 is 28.5 Å². The normalized spacial score (nSPS) is 9.38. The van der Waals surface area contributed by atoms with Gasteiger partial charge in [0.1, 0.15) is 12.9 Å². The number of hydrogen-bond acceptors (Lipinski definition) is 2. The van der Waals surface area contributed by atoms with Crippen molar-refractivity contribution in [1.29, 1.82) is 0 Å². The smallest absolute Gasteiger partial charge is 0.146 e. The molecule has 0 amide bonds. The fraction of sp³-hybridized carbons (Fsp3) is 0.222. The molecule has 72 valence electrons. The minimum Gasteiger partial charge on any atom is -0.344 e. The van der Waals surface area contributed by atoms with Crippen LogP contribution in [0.5, 0.6) is 0 Å². The Hall–Kier alpha value is 0.0100. The van der Waals surface area contributed by atoms with E-state index in [1.807, 2.05) is 18.2 Å². The third-order valence-electron chi connectivity index (χ3n) is 1.15. The Labute approximate surface area is 93.4 Å². The molecule has 2 nitrogen and oxygen atoms in total. The summed E-state index contributed by atoms with van der Waals surface area (Å²) in [7, 11) is 0. The summed E-state index contributed by atoms with van der Waals surface area (Å²) in [5.74, 6) is 0. The van der Waals surface area contributed by atoms with Gasteiger partial charge >= 0.3 is 0 Å². The maximum atomic E-state index is 9.44. The van der Waals surface area contributed by atoms with Gasteiger partial charge in [0.15, 0.2) is 0 Å². The van der Waals surface area contributed by atoms with Gasteiger partial charge < -0.3 is 9.32 Å². The number of benzene rings is 1. The van der Waals surface area contributed by atoms with Crippen molar-refractivity contribution in [2.45, 2.75) is 6.92 Å². The van der Waals surface area contributed by atoms with Crippen LogP contribution in [0.25, 0.3) is 0 Å². The SMILES string of the molecule is Cc1ccccc1.O=CCOPI. The van der Waals surface area contributed by atoms with Crippen LogP contribution in [0.2, 0.25) is 0 Å². The first-order valence-electron chi connectivity index (χ1n) is 3.74. The quantitative estimate of drug-likeness (QED) is 0.371. The largest absolute Gasteiger partial charge is 0.344 e. The van der Waals surface area contributed by atoms with Crippen LogP contribution in [-0.4, -0.2) is 12.9 Å². The minimum absolute atomic E-state index is 0.237. The second kappa shape index (κ2) is 10.1. The fourth-order valence-electron chi connectivity index (χ4n) is 0.600. The van der Waals surface area contributed by atoms with Crippen molar-refractivity contribution in [2.75, 3.05) is 6.61 Å². The molecule has 0 aliphatic carbocycles. The van der Waals surface area contributed by atoms with E-state index in [1.165, 1.54) is 5.56 Å². The maximum absolute atomic E-state index is 9.44. The van der Waals surface area contributed by atoms with Crippen LogP contribution in [0.15, 0.2) is 30.3 Å². The van der Waals surface area contributed by atoms with E-state index in [0.29, 0.717) is 6.45 Å². The minimum atomic E-state index is 0.237. The number of aldehydes is 1. The molecule has 0 N–H and O–H groups in total. The van der Waals surface area contributed by atoms with Gasteiger partial charge in [0.25, 0.3) is 0 Å². The van der Waals surface area contributed by atoms with E-state index in [1.54, 1.807) is 0 Å². The lowest BCUT2D eigenvalue weighted by Gasteiger charge is -1.83. The van der Waals surface area contributed by atoms with E-state index in [0.717, 1.165) is 6.29 Å². The molecule has 1 atom stereocenters. The molecule has 0 heterocycles. The fourth-order valence-corrected chi connectivity index (χ4v) is 1.27. The van der Waals surface area contributed by atoms with Crippen LogP contribution in [0.1, 0.15) is 5.56 Å². The molecule has 0 radical (unpaired) electrons. The molecule has 0 bridgehead atoms. The number of rotatable bonds is 3. The van der Waals surface area contributed by atoms with Gasteiger partial charge in [-0.2, -0.15) is 0 Å². The van der Waals surface area contributed by atoms with Crippen molar-refractivity contribution in [3.05, 3.63) is 35.9 Å². The van der Waals surface area contributed by atoms with Crippen molar-refractivity contribution < 1.29 is 9.32 Å². The predicted molar refractivity (Wildman–Crippen MR) is 65.5 cm³/mol. The first-order chi connectivity index (χ1) is 6.31. The average molecular weight is 310 g/mol. The van der Waals surface area contributed by atoms with E-state index >= 15 is 0 Å². The third-order valence-corrected chi connectivity index (χ3v) is 2.36. The topological polar surface area (TPSA) is 26.3 Å². The standard InChI is InChI=1S/C7H8.C2H4IO2P/c1-7-5-3-2-4-6-7;3-6-5-2-1-4/h2-6H,1H3;1,6H,2H2. The molecule has 0 spiro atoms. The molecule has 0 saturated heterocycles. The molecule has 0 fully saturated rings. The van der Waals surface area contributed by atoms with Crippen molar-refractivity contribution in [3.63, 3.8) is 0 Å². The lowest BCUT2D eigenvalue weighted by atomic mass is 10.2. The number of carbonyl (C=O) groups excluding carboxylic acids is 1. The highest BCUT2D eigenvalue weighted by Gasteiger charge is 1.73. The second-order valence-electron chi connectivity index (χ2n) is 2.21. The Morgan fingerprint density at radius 3 is 2.31 bits per heavy atom. The first kappa shape index (κ1) is 13.0. The summed E-state index contributed by atoms with van der Waals surface area (Å²) >= 11 is 2.06. The van der Waals surface area contributed by atoms with E-state index in [9.17, 15) is 4.79 Å². The first-order valence-corrected chi connectivity index (χ1v) is 7.76. The van der Waals surface area contributed by atoms with E-state index in [2.05, 4.69) is 45.6 Å². The highest BCUT2D eigenvalue weighted by atomic mass is 127. The third kappa shape index (κ3) is 9.93. The monoisotopic (exact) mass is 310 g/mol. The molecule has 13 heavy (non-hydrogen) atoms. The van der Waals surface area contributed by atoms with E-state index < -0.39 is 0 Å². The van der Waals surface area contributed by atoms with Gasteiger partial charge in [0.05, 0.1) is 6.45 Å². The van der Waals surface area contributed by atoms with Crippen LogP contribution < -0.4 is 0 Å². The molecule has 4 heteroatoms. The lowest BCUT2D eigenvalue weighted by Crippen LogP contribution is -1.80. The molecule has 0 aliphatic rings. The van der Waals surface area contributed by atoms with Gasteiger partial charge in [-0.05, 0) is 29.0 Å². The zero-order valence-corrected chi connectivity index (χ0v) is 10.5. The van der Waals surface area contributed by atoms with Gasteiger partial charge in [-0.25, -0.2) is 0 Å². The van der Waals surface area contributed by atoms with Crippen LogP contribution in [0.4, 0.5) is 0 Å². The second-order valence-corrected chi connectivity index (χ2v) is 3.97. The zero-order chi connectivity index (χ0) is 9.94. The number of halogens is 1. The molecule has 1 unspecified atom stereocenters. The maximum Gasteiger partial charge on any atom is 0.146 e. The van der Waals surface area contributed by atoms with Crippen molar-refractivity contribution >= 4 is 34.8 Å². The molecular formula is C9H12IO2P. The van der Waals surface area contributed by atoms with Gasteiger partial charge in [0.2, 0.25) is 0 Å². The molecule has 1 aromatic rings. The molecule has 0 aromatic heterocycles. The van der Waals surface area contributed by atoms with E-state index in [4.69, 9.17) is 0 Å². The van der Waals surface area contributed by atoms with Gasteiger partial charge in [0, 0.05) is 0 Å². The highest BCUT2D eigenvalue weighted by Crippen LogP contribution is 2.20. The number of carbonyl (C=O) groups is 1. The average Bonchev–Trinajstić information content (AvgIpc) is 2.17. The summed E-state index contributed by atoms with van der Waals surface area (Å²) in [5, 5.41) is 0. The molecule has 0 saturated carbocycles. The summed E-state index contributed by atoms with van der Waals surface area (Å²) in [6, 6.07) is 10.3. The van der Waals surface area contributed by atoms with E-state index in [-0.39, 0.29) is 6.61 Å². The number of hydrogen-bond donors (Lipinski definition) is 0. The van der Waals surface area contributed by atoms with Gasteiger partial charge in [-0.15, -0.1) is 0 Å². The van der Waals surface area contributed by atoms with Crippen molar-refractivity contribution in [1.82, 2.24) is 0 Å². The zero-order valence-electron chi connectivity index (χ0n) is 7.37. The lowest BCUT2D eigenvalue weighted by molar-refractivity contribution is -0.109. The molecule has 1 aromatic carbocycles.